The summed E-state index contributed by atoms with van der Waals surface area (Å²) in [7, 11) is 1.79. The summed E-state index contributed by atoms with van der Waals surface area (Å²) in [6, 6.07) is 9.40. The van der Waals surface area contributed by atoms with E-state index in [1.54, 1.807) is 7.11 Å². The van der Waals surface area contributed by atoms with Crippen molar-refractivity contribution in [3.63, 3.8) is 0 Å². The van der Waals surface area contributed by atoms with Gasteiger partial charge in [0.1, 0.15) is 5.75 Å². The molecule has 20 heavy (non-hydrogen) atoms. The van der Waals surface area contributed by atoms with Crippen LogP contribution in [0.2, 0.25) is 0 Å². The van der Waals surface area contributed by atoms with E-state index in [1.165, 1.54) is 50.6 Å². The Labute approximate surface area is 121 Å². The summed E-state index contributed by atoms with van der Waals surface area (Å²) in [5.74, 6) is 3.13. The smallest absolute Gasteiger partial charge is 0.122 e. The van der Waals surface area contributed by atoms with Crippen molar-refractivity contribution in [2.45, 2.75) is 44.6 Å². The molecule has 3 aliphatic carbocycles. The highest BCUT2D eigenvalue weighted by atomic mass is 16.5. The maximum Gasteiger partial charge on any atom is 0.122 e. The molecule has 0 spiro atoms. The van der Waals surface area contributed by atoms with Gasteiger partial charge in [0.15, 0.2) is 0 Å². The number of fused-ring (bicyclic) bond motifs is 1. The van der Waals surface area contributed by atoms with Crippen LogP contribution in [0.5, 0.6) is 5.75 Å². The molecule has 0 heterocycles. The van der Waals surface area contributed by atoms with E-state index >= 15 is 0 Å². The molecule has 0 bridgehead atoms. The fourth-order valence-electron chi connectivity index (χ4n) is 4.26. The van der Waals surface area contributed by atoms with Gasteiger partial charge in [-0.25, -0.2) is 0 Å². The monoisotopic (exact) mass is 271 g/mol. The van der Waals surface area contributed by atoms with E-state index in [4.69, 9.17) is 4.74 Å². The van der Waals surface area contributed by atoms with E-state index in [1.807, 2.05) is 0 Å². The molecule has 2 atom stereocenters. The van der Waals surface area contributed by atoms with Crippen molar-refractivity contribution in [3.8, 4) is 5.75 Å². The third kappa shape index (κ3) is 2.46. The molecule has 0 saturated heterocycles. The first kappa shape index (κ1) is 12.7. The van der Waals surface area contributed by atoms with Gasteiger partial charge in [-0.15, -0.1) is 0 Å². The predicted octanol–water partition coefficient (Wildman–Crippen LogP) is 3.41. The fraction of sp³-hybridized carbons (Fsp3) is 0.667. The summed E-state index contributed by atoms with van der Waals surface area (Å²) >= 11 is 0. The van der Waals surface area contributed by atoms with Crippen molar-refractivity contribution in [2.24, 2.45) is 17.3 Å². The Kier molecular flexibility index (Phi) is 3.03. The highest BCUT2D eigenvalue weighted by Gasteiger charge is 2.53. The van der Waals surface area contributed by atoms with Crippen LogP contribution in [0.25, 0.3) is 0 Å². The van der Waals surface area contributed by atoms with Crippen molar-refractivity contribution in [1.82, 2.24) is 5.32 Å². The lowest BCUT2D eigenvalue weighted by atomic mass is 9.77. The Morgan fingerprint density at radius 1 is 1.20 bits per heavy atom. The molecule has 2 unspecified atom stereocenters. The first-order valence-electron chi connectivity index (χ1n) is 8.13. The zero-order chi connectivity index (χ0) is 13.6. The molecule has 0 aromatic heterocycles. The number of nitrogens with one attached hydrogen (secondary N) is 1. The minimum atomic E-state index is 0.491. The maximum absolute atomic E-state index is 5.56. The molecule has 108 valence electrons. The van der Waals surface area contributed by atoms with Gasteiger partial charge < -0.3 is 10.1 Å². The molecule has 0 aliphatic heterocycles. The summed E-state index contributed by atoms with van der Waals surface area (Å²) in [5.41, 5.74) is 1.89. The molecule has 2 heteroatoms. The number of ether oxygens (including phenoxy) is 1. The van der Waals surface area contributed by atoms with Gasteiger partial charge in [-0.2, -0.15) is 0 Å². The van der Waals surface area contributed by atoms with Crippen molar-refractivity contribution in [2.75, 3.05) is 13.7 Å². The van der Waals surface area contributed by atoms with Gasteiger partial charge >= 0.3 is 0 Å². The summed E-state index contributed by atoms with van der Waals surface area (Å²) in [5, 5.41) is 3.80. The van der Waals surface area contributed by atoms with E-state index < -0.39 is 0 Å². The average Bonchev–Trinajstić information content (AvgIpc) is 3.38. The van der Waals surface area contributed by atoms with E-state index in [0.29, 0.717) is 5.41 Å². The van der Waals surface area contributed by atoms with Crippen LogP contribution in [0.4, 0.5) is 0 Å². The summed E-state index contributed by atoms with van der Waals surface area (Å²) in [6.45, 7) is 1.21. The van der Waals surface area contributed by atoms with Crippen LogP contribution in [0.15, 0.2) is 24.3 Å². The molecule has 0 radical (unpaired) electrons. The Balaban J connectivity index is 1.52. The minimum Gasteiger partial charge on any atom is -0.496 e. The molecule has 4 rings (SSSR count). The highest BCUT2D eigenvalue weighted by Crippen LogP contribution is 2.61. The Bertz CT molecular complexity index is 484. The molecular formula is C18H25NO. The quantitative estimate of drug-likeness (QED) is 0.856. The third-order valence-electron chi connectivity index (χ3n) is 5.56. The summed E-state index contributed by atoms with van der Waals surface area (Å²) in [6.07, 6.45) is 8.31. The molecule has 1 aromatic rings. The van der Waals surface area contributed by atoms with Crippen LogP contribution in [-0.2, 0) is 6.42 Å². The van der Waals surface area contributed by atoms with Gasteiger partial charge in [-0.3, -0.25) is 0 Å². The van der Waals surface area contributed by atoms with Gasteiger partial charge in [0.25, 0.3) is 0 Å². The normalized spacial score (nSPS) is 34.9. The lowest BCUT2D eigenvalue weighted by Crippen LogP contribution is -2.36. The highest BCUT2D eigenvalue weighted by molar-refractivity contribution is 5.34. The average molecular weight is 271 g/mol. The second-order valence-electron chi connectivity index (χ2n) is 7.31. The van der Waals surface area contributed by atoms with Gasteiger partial charge in [0.05, 0.1) is 7.11 Å². The second-order valence-corrected chi connectivity index (χ2v) is 7.31. The molecular weight excluding hydrogens is 246 g/mol. The number of rotatable bonds is 6. The van der Waals surface area contributed by atoms with Gasteiger partial charge in [0, 0.05) is 12.6 Å². The first-order chi connectivity index (χ1) is 9.78. The van der Waals surface area contributed by atoms with Crippen molar-refractivity contribution < 1.29 is 4.74 Å². The van der Waals surface area contributed by atoms with Gasteiger partial charge in [-0.1, -0.05) is 18.2 Å². The summed E-state index contributed by atoms with van der Waals surface area (Å²) in [4.78, 5) is 0. The van der Waals surface area contributed by atoms with Crippen LogP contribution in [0.3, 0.4) is 0 Å². The number of methoxy groups -OCH3 is 1. The largest absolute Gasteiger partial charge is 0.496 e. The Hall–Kier alpha value is -1.02. The lowest BCUT2D eigenvalue weighted by molar-refractivity contribution is 0.244. The molecule has 3 fully saturated rings. The predicted molar refractivity (Wildman–Crippen MR) is 81.0 cm³/mol. The standard InChI is InChI=1S/C18H25NO/c1-20-17-5-3-2-4-13(17)9-18(12-19-16-6-7-16)10-14-8-15(14)11-18/h2-5,14-16,19H,6-12H2,1H3. The Morgan fingerprint density at radius 2 is 1.95 bits per heavy atom. The number of hydrogen-bond donors (Lipinski definition) is 1. The SMILES string of the molecule is COc1ccccc1CC1(CNC2CC2)CC2CC2C1. The third-order valence-corrected chi connectivity index (χ3v) is 5.56. The first-order valence-corrected chi connectivity index (χ1v) is 8.13. The van der Waals surface area contributed by atoms with Crippen LogP contribution in [0.1, 0.15) is 37.7 Å². The van der Waals surface area contributed by atoms with E-state index in [2.05, 4.69) is 29.6 Å². The minimum absolute atomic E-state index is 0.491. The zero-order valence-electron chi connectivity index (χ0n) is 12.4. The number of benzene rings is 1. The van der Waals surface area contributed by atoms with Gasteiger partial charge in [-0.05, 0) is 67.4 Å². The maximum atomic E-state index is 5.56. The molecule has 0 amide bonds. The van der Waals surface area contributed by atoms with Crippen molar-refractivity contribution in [1.29, 1.82) is 0 Å². The van der Waals surface area contributed by atoms with Crippen molar-refractivity contribution in [3.05, 3.63) is 29.8 Å². The molecule has 1 N–H and O–H groups in total. The molecule has 3 aliphatic rings. The zero-order valence-corrected chi connectivity index (χ0v) is 12.4. The molecule has 1 aromatic carbocycles. The van der Waals surface area contributed by atoms with E-state index in [9.17, 15) is 0 Å². The molecule has 3 saturated carbocycles. The number of para-hydroxylation sites is 1. The van der Waals surface area contributed by atoms with Crippen LogP contribution in [-0.4, -0.2) is 19.7 Å². The van der Waals surface area contributed by atoms with Gasteiger partial charge in [0.2, 0.25) is 0 Å². The Morgan fingerprint density at radius 3 is 2.65 bits per heavy atom. The second kappa shape index (κ2) is 4.77. The summed E-state index contributed by atoms with van der Waals surface area (Å²) < 4.78 is 5.56. The fourth-order valence-corrected chi connectivity index (χ4v) is 4.26. The van der Waals surface area contributed by atoms with Crippen molar-refractivity contribution >= 4 is 0 Å². The van der Waals surface area contributed by atoms with E-state index in [-0.39, 0.29) is 0 Å². The van der Waals surface area contributed by atoms with Crippen LogP contribution in [0, 0.1) is 17.3 Å². The van der Waals surface area contributed by atoms with Crippen LogP contribution >= 0.6 is 0 Å². The lowest BCUT2D eigenvalue weighted by Gasteiger charge is -2.32. The topological polar surface area (TPSA) is 21.3 Å². The molecule has 2 nitrogen and oxygen atoms in total. The number of hydrogen-bond acceptors (Lipinski definition) is 2. The van der Waals surface area contributed by atoms with E-state index in [0.717, 1.165) is 23.6 Å². The van der Waals surface area contributed by atoms with Crippen LogP contribution < -0.4 is 10.1 Å².